The molecule has 1 aliphatic heterocycles. The summed E-state index contributed by atoms with van der Waals surface area (Å²) in [5.41, 5.74) is 5.90. The standard InChI is InChI=1S/C38H51NO5/c1-25-16-18-29(19-17-25)35-30-20-21-39(32(40)23-27-12-8-6-9-13-27)31(30)22-26(2)34(35)36(44-38(3,4)5)37(42)43-33(41)24-28-14-10-7-11-15-28/h16-19,22,27-28,36H,6-15,20-21,23-24H2,1-5H3/t36-/m0/s1. The van der Waals surface area contributed by atoms with E-state index in [1.54, 1.807) is 0 Å². The number of ether oxygens (including phenoxy) is 2. The number of benzene rings is 2. The van der Waals surface area contributed by atoms with Gasteiger partial charge in [-0.3, -0.25) is 9.59 Å². The van der Waals surface area contributed by atoms with Crippen molar-refractivity contribution in [3.8, 4) is 11.1 Å². The summed E-state index contributed by atoms with van der Waals surface area (Å²) in [5.74, 6) is -0.219. The van der Waals surface area contributed by atoms with Crippen LogP contribution in [0.1, 0.15) is 126 Å². The molecule has 44 heavy (non-hydrogen) atoms. The molecular weight excluding hydrogens is 550 g/mol. The quantitative estimate of drug-likeness (QED) is 0.223. The Morgan fingerprint density at radius 2 is 1.45 bits per heavy atom. The van der Waals surface area contributed by atoms with E-state index in [-0.39, 0.29) is 18.2 Å². The number of hydrogen-bond acceptors (Lipinski definition) is 5. The van der Waals surface area contributed by atoms with Gasteiger partial charge in [-0.05, 0) is 107 Å². The van der Waals surface area contributed by atoms with E-state index in [0.29, 0.717) is 25.3 Å². The highest BCUT2D eigenvalue weighted by Crippen LogP contribution is 2.45. The highest BCUT2D eigenvalue weighted by molar-refractivity contribution is 5.99. The number of carbonyl (C=O) groups excluding carboxylic acids is 3. The van der Waals surface area contributed by atoms with Crippen LogP contribution in [0, 0.1) is 25.7 Å². The monoisotopic (exact) mass is 601 g/mol. The third-order valence-corrected chi connectivity index (χ3v) is 9.71. The molecule has 3 aliphatic rings. The number of anilines is 1. The number of esters is 2. The van der Waals surface area contributed by atoms with Gasteiger partial charge in [-0.1, -0.05) is 68.4 Å². The van der Waals surface area contributed by atoms with Gasteiger partial charge in [0, 0.05) is 30.6 Å². The van der Waals surface area contributed by atoms with E-state index in [2.05, 4.69) is 31.2 Å². The lowest BCUT2D eigenvalue weighted by atomic mass is 9.86. The van der Waals surface area contributed by atoms with Gasteiger partial charge in [-0.15, -0.1) is 0 Å². The van der Waals surface area contributed by atoms with Gasteiger partial charge in [-0.2, -0.15) is 0 Å². The van der Waals surface area contributed by atoms with Crippen LogP contribution in [-0.4, -0.2) is 30.0 Å². The predicted octanol–water partition coefficient (Wildman–Crippen LogP) is 8.73. The topological polar surface area (TPSA) is 72.9 Å². The molecule has 6 heteroatoms. The second kappa shape index (κ2) is 14.0. The molecule has 1 heterocycles. The predicted molar refractivity (Wildman–Crippen MR) is 174 cm³/mol. The molecule has 0 bridgehead atoms. The summed E-state index contributed by atoms with van der Waals surface area (Å²) in [6, 6.07) is 10.3. The number of rotatable bonds is 8. The van der Waals surface area contributed by atoms with Crippen LogP contribution in [0.2, 0.25) is 0 Å². The molecule has 2 aromatic rings. The minimum absolute atomic E-state index is 0.188. The summed E-state index contributed by atoms with van der Waals surface area (Å²) >= 11 is 0. The molecular formula is C38H51NO5. The van der Waals surface area contributed by atoms with Crippen LogP contribution in [0.15, 0.2) is 30.3 Å². The van der Waals surface area contributed by atoms with Crippen LogP contribution >= 0.6 is 0 Å². The van der Waals surface area contributed by atoms with E-state index in [0.717, 1.165) is 77.6 Å². The SMILES string of the molecule is Cc1ccc(-c2c3c(cc(C)c2[C@H](OC(C)(C)C)C(=O)OC(=O)CC2CCCCC2)N(C(=O)CC2CCCCC2)CC3)cc1. The lowest BCUT2D eigenvalue weighted by Gasteiger charge is -2.30. The molecule has 2 fully saturated rings. The zero-order valence-electron chi connectivity index (χ0n) is 27.5. The number of amides is 1. The molecule has 2 aliphatic carbocycles. The van der Waals surface area contributed by atoms with Crippen molar-refractivity contribution in [2.45, 2.75) is 130 Å². The van der Waals surface area contributed by atoms with Gasteiger partial charge in [-0.25, -0.2) is 4.79 Å². The zero-order chi connectivity index (χ0) is 31.4. The van der Waals surface area contributed by atoms with Crippen LogP contribution in [0.5, 0.6) is 0 Å². The lowest BCUT2D eigenvalue weighted by molar-refractivity contribution is -0.175. The van der Waals surface area contributed by atoms with Crippen molar-refractivity contribution in [3.05, 3.63) is 52.6 Å². The first kappa shape index (κ1) is 32.4. The van der Waals surface area contributed by atoms with E-state index in [1.807, 2.05) is 38.7 Å². The fourth-order valence-corrected chi connectivity index (χ4v) is 7.50. The summed E-state index contributed by atoms with van der Waals surface area (Å²) in [7, 11) is 0. The van der Waals surface area contributed by atoms with Gasteiger partial charge in [0.05, 0.1) is 5.60 Å². The van der Waals surface area contributed by atoms with Gasteiger partial charge in [0.2, 0.25) is 5.91 Å². The van der Waals surface area contributed by atoms with Gasteiger partial charge < -0.3 is 14.4 Å². The van der Waals surface area contributed by atoms with E-state index in [1.165, 1.54) is 25.7 Å². The van der Waals surface area contributed by atoms with E-state index in [4.69, 9.17) is 9.47 Å². The first-order chi connectivity index (χ1) is 21.0. The Kier molecular flexibility index (Phi) is 10.3. The fraction of sp³-hybridized carbons (Fsp3) is 0.605. The van der Waals surface area contributed by atoms with E-state index in [9.17, 15) is 14.4 Å². The Morgan fingerprint density at radius 1 is 0.864 bits per heavy atom. The molecule has 2 aromatic carbocycles. The van der Waals surface area contributed by atoms with Crippen LogP contribution in [0.4, 0.5) is 5.69 Å². The molecule has 0 unspecified atom stereocenters. The van der Waals surface area contributed by atoms with Crippen LogP contribution in [-0.2, 0) is 30.3 Å². The maximum Gasteiger partial charge on any atom is 0.347 e. The molecule has 0 saturated heterocycles. The molecule has 0 radical (unpaired) electrons. The average molecular weight is 602 g/mol. The lowest BCUT2D eigenvalue weighted by Crippen LogP contribution is -2.32. The van der Waals surface area contributed by atoms with Gasteiger partial charge in [0.15, 0.2) is 6.10 Å². The van der Waals surface area contributed by atoms with Crippen molar-refractivity contribution in [1.82, 2.24) is 0 Å². The van der Waals surface area contributed by atoms with Crippen LogP contribution in [0.3, 0.4) is 0 Å². The Labute approximate surface area is 263 Å². The van der Waals surface area contributed by atoms with Crippen LogP contribution < -0.4 is 4.90 Å². The molecule has 5 rings (SSSR count). The minimum atomic E-state index is -1.08. The maximum absolute atomic E-state index is 13.9. The summed E-state index contributed by atoms with van der Waals surface area (Å²) in [6.07, 6.45) is 11.9. The smallest absolute Gasteiger partial charge is 0.347 e. The Morgan fingerprint density at radius 3 is 2.05 bits per heavy atom. The van der Waals surface area contributed by atoms with Crippen molar-refractivity contribution < 1.29 is 23.9 Å². The van der Waals surface area contributed by atoms with Crippen molar-refractivity contribution in [2.24, 2.45) is 11.8 Å². The van der Waals surface area contributed by atoms with Crippen molar-refractivity contribution in [3.63, 3.8) is 0 Å². The Bertz CT molecular complexity index is 1340. The summed E-state index contributed by atoms with van der Waals surface area (Å²) in [5, 5.41) is 0. The van der Waals surface area contributed by atoms with Gasteiger partial charge >= 0.3 is 11.9 Å². The molecule has 6 nitrogen and oxygen atoms in total. The zero-order valence-corrected chi connectivity index (χ0v) is 27.5. The fourth-order valence-electron chi connectivity index (χ4n) is 7.50. The second-order valence-electron chi connectivity index (χ2n) is 14.5. The molecule has 238 valence electrons. The number of nitrogens with zero attached hydrogens (tertiary/aromatic N) is 1. The maximum atomic E-state index is 13.9. The number of carbonyl (C=O) groups is 3. The first-order valence-electron chi connectivity index (χ1n) is 17.0. The van der Waals surface area contributed by atoms with Gasteiger partial charge in [0.25, 0.3) is 0 Å². The number of hydrogen-bond donors (Lipinski definition) is 0. The second-order valence-corrected chi connectivity index (χ2v) is 14.5. The highest BCUT2D eigenvalue weighted by Gasteiger charge is 2.38. The minimum Gasteiger partial charge on any atom is -0.391 e. The number of aryl methyl sites for hydroxylation is 2. The van der Waals surface area contributed by atoms with Crippen molar-refractivity contribution in [1.29, 1.82) is 0 Å². The Balaban J connectivity index is 1.52. The van der Waals surface area contributed by atoms with E-state index >= 15 is 0 Å². The third-order valence-electron chi connectivity index (χ3n) is 9.71. The summed E-state index contributed by atoms with van der Waals surface area (Å²) < 4.78 is 12.0. The molecule has 0 aromatic heterocycles. The van der Waals surface area contributed by atoms with Crippen LogP contribution in [0.25, 0.3) is 11.1 Å². The van der Waals surface area contributed by atoms with E-state index < -0.39 is 23.6 Å². The van der Waals surface area contributed by atoms with Crippen molar-refractivity contribution >= 4 is 23.5 Å². The average Bonchev–Trinajstić information content (AvgIpc) is 3.40. The summed E-state index contributed by atoms with van der Waals surface area (Å²) in [4.78, 5) is 42.6. The molecule has 1 atom stereocenters. The Hall–Kier alpha value is -2.99. The first-order valence-corrected chi connectivity index (χ1v) is 17.0. The third kappa shape index (κ3) is 7.80. The molecule has 0 spiro atoms. The highest BCUT2D eigenvalue weighted by atomic mass is 16.6. The normalized spacial score (nSPS) is 18.6. The molecule has 2 saturated carbocycles. The molecule has 0 N–H and O–H groups in total. The van der Waals surface area contributed by atoms with Gasteiger partial charge in [0.1, 0.15) is 0 Å². The molecule has 1 amide bonds. The largest absolute Gasteiger partial charge is 0.391 e. The van der Waals surface area contributed by atoms with Crippen molar-refractivity contribution in [2.75, 3.05) is 11.4 Å². The summed E-state index contributed by atoms with van der Waals surface area (Å²) in [6.45, 7) is 10.4. The number of fused-ring (bicyclic) bond motifs is 1.